The zero-order chi connectivity index (χ0) is 16.1. The van der Waals surface area contributed by atoms with Crippen molar-refractivity contribution in [1.82, 2.24) is 15.0 Å². The second kappa shape index (κ2) is 7.18. The van der Waals surface area contributed by atoms with E-state index in [1.807, 2.05) is 35.0 Å². The molecule has 3 N–H and O–H groups in total. The first-order chi connectivity index (χ1) is 11.2. The van der Waals surface area contributed by atoms with Crippen molar-refractivity contribution in [3.63, 3.8) is 0 Å². The summed E-state index contributed by atoms with van der Waals surface area (Å²) in [5.74, 6) is 12.4. The minimum absolute atomic E-state index is 0.248. The van der Waals surface area contributed by atoms with E-state index in [0.29, 0.717) is 12.5 Å². The average Bonchev–Trinajstić information content (AvgIpc) is 3.27. The van der Waals surface area contributed by atoms with E-state index in [0.717, 1.165) is 16.8 Å². The number of imidazole rings is 1. The van der Waals surface area contributed by atoms with Crippen molar-refractivity contribution >= 4 is 23.0 Å². The van der Waals surface area contributed by atoms with E-state index < -0.39 is 0 Å². The van der Waals surface area contributed by atoms with Gasteiger partial charge in [-0.1, -0.05) is 24.0 Å². The van der Waals surface area contributed by atoms with Crippen molar-refractivity contribution in [2.45, 2.75) is 19.4 Å². The van der Waals surface area contributed by atoms with Crippen LogP contribution in [0, 0.1) is 17.8 Å². The maximum absolute atomic E-state index is 5.33. The predicted octanol–water partition coefficient (Wildman–Crippen LogP) is 1.88. The number of nitrogens with two attached hydrogens (primary N) is 1. The van der Waals surface area contributed by atoms with Crippen LogP contribution < -0.4 is 11.3 Å². The number of nitrogens with one attached hydrogen (secondary N) is 1. The Labute approximate surface area is 140 Å². The number of nitrogens with zero attached hydrogens (tertiary/aromatic N) is 3. The highest BCUT2D eigenvalue weighted by molar-refractivity contribution is 7.80. The fourth-order valence-electron chi connectivity index (χ4n) is 2.06. The summed E-state index contributed by atoms with van der Waals surface area (Å²) in [7, 11) is 0. The van der Waals surface area contributed by atoms with Crippen LogP contribution in [0.1, 0.15) is 24.0 Å². The maximum atomic E-state index is 5.33. The summed E-state index contributed by atoms with van der Waals surface area (Å²) in [5, 5.41) is 0.248. The molecule has 0 aliphatic heterocycles. The van der Waals surface area contributed by atoms with E-state index in [4.69, 9.17) is 18.1 Å². The molecule has 1 fully saturated rings. The van der Waals surface area contributed by atoms with Crippen LogP contribution in [0.5, 0.6) is 0 Å². The molecule has 6 heteroatoms. The smallest absolute Gasteiger partial charge is 0.207 e. The zero-order valence-corrected chi connectivity index (χ0v) is 13.4. The van der Waals surface area contributed by atoms with Gasteiger partial charge in [-0.3, -0.25) is 5.43 Å². The van der Waals surface area contributed by atoms with Gasteiger partial charge in [-0.05, 0) is 42.8 Å². The van der Waals surface area contributed by atoms with E-state index in [-0.39, 0.29) is 5.11 Å². The van der Waals surface area contributed by atoms with Gasteiger partial charge in [0, 0.05) is 23.9 Å². The first kappa shape index (κ1) is 15.4. The van der Waals surface area contributed by atoms with Crippen molar-refractivity contribution in [3.05, 3.63) is 54.1 Å². The molecule has 3 rings (SSSR count). The number of benzene rings is 1. The van der Waals surface area contributed by atoms with E-state index in [9.17, 15) is 0 Å². The Morgan fingerprint density at radius 1 is 1.39 bits per heavy atom. The van der Waals surface area contributed by atoms with Gasteiger partial charge in [0.15, 0.2) is 0 Å². The molecule has 1 saturated carbocycles. The van der Waals surface area contributed by atoms with E-state index in [1.165, 1.54) is 12.8 Å². The summed E-state index contributed by atoms with van der Waals surface area (Å²) in [5.41, 5.74) is 5.20. The van der Waals surface area contributed by atoms with Crippen LogP contribution in [-0.2, 0) is 6.54 Å². The van der Waals surface area contributed by atoms with E-state index >= 15 is 0 Å². The SMILES string of the molecule is NNC(=S)N=C(Cn1ccnc1)c1ccc(C#CC2CC2)cc1. The van der Waals surface area contributed by atoms with Gasteiger partial charge in [0.1, 0.15) is 0 Å². The van der Waals surface area contributed by atoms with Gasteiger partial charge in [0.2, 0.25) is 5.11 Å². The molecule has 1 aliphatic carbocycles. The Morgan fingerprint density at radius 3 is 2.78 bits per heavy atom. The monoisotopic (exact) mass is 323 g/mol. The van der Waals surface area contributed by atoms with Crippen molar-refractivity contribution in [2.75, 3.05) is 0 Å². The highest BCUT2D eigenvalue weighted by Gasteiger charge is 2.17. The van der Waals surface area contributed by atoms with Gasteiger partial charge in [0.25, 0.3) is 0 Å². The Hall–Kier alpha value is -2.49. The number of thiocarbonyl (C=S) groups is 1. The quantitative estimate of drug-likeness (QED) is 0.297. The molecule has 1 aromatic heterocycles. The second-order valence-corrected chi connectivity index (χ2v) is 5.75. The van der Waals surface area contributed by atoms with E-state index in [2.05, 4.69) is 27.2 Å². The summed E-state index contributed by atoms with van der Waals surface area (Å²) in [6.45, 7) is 0.564. The van der Waals surface area contributed by atoms with Gasteiger partial charge < -0.3 is 4.57 Å². The fraction of sp³-hybridized carbons (Fsp3) is 0.235. The van der Waals surface area contributed by atoms with Gasteiger partial charge >= 0.3 is 0 Å². The highest BCUT2D eigenvalue weighted by Crippen LogP contribution is 2.27. The van der Waals surface area contributed by atoms with Crippen LogP contribution in [-0.4, -0.2) is 20.4 Å². The predicted molar refractivity (Wildman–Crippen MR) is 94.7 cm³/mol. The molecule has 0 spiro atoms. The molecule has 116 valence electrons. The third kappa shape index (κ3) is 4.49. The number of hydrogen-bond acceptors (Lipinski definition) is 3. The van der Waals surface area contributed by atoms with E-state index in [1.54, 1.807) is 12.5 Å². The van der Waals surface area contributed by atoms with Crippen molar-refractivity contribution in [2.24, 2.45) is 16.8 Å². The first-order valence-electron chi connectivity index (χ1n) is 7.40. The van der Waals surface area contributed by atoms with Crippen LogP contribution in [0.4, 0.5) is 0 Å². The Balaban J connectivity index is 1.82. The standard InChI is InChI=1S/C17H17N5S/c18-21-17(23)20-16(11-22-10-9-19-12-22)15-7-5-14(6-8-15)4-3-13-1-2-13/h5-10,12-13H,1-2,11,18H2,(H,21,23). The van der Waals surface area contributed by atoms with Gasteiger partial charge in [-0.2, -0.15) is 0 Å². The third-order valence-corrected chi connectivity index (χ3v) is 3.68. The lowest BCUT2D eigenvalue weighted by Gasteiger charge is -2.08. The topological polar surface area (TPSA) is 68.2 Å². The van der Waals surface area contributed by atoms with Crippen molar-refractivity contribution < 1.29 is 0 Å². The summed E-state index contributed by atoms with van der Waals surface area (Å²) in [4.78, 5) is 8.43. The molecule has 0 atom stereocenters. The minimum Gasteiger partial charge on any atom is -0.331 e. The molecule has 1 aromatic carbocycles. The number of aromatic nitrogens is 2. The van der Waals surface area contributed by atoms with Crippen LogP contribution in [0.15, 0.2) is 48.0 Å². The normalized spacial score (nSPS) is 14.0. The zero-order valence-electron chi connectivity index (χ0n) is 12.6. The average molecular weight is 323 g/mol. The summed E-state index contributed by atoms with van der Waals surface area (Å²) in [6, 6.07) is 8.03. The van der Waals surface area contributed by atoms with Crippen LogP contribution in [0.25, 0.3) is 0 Å². The van der Waals surface area contributed by atoms with Gasteiger partial charge in [0.05, 0.1) is 18.6 Å². The summed E-state index contributed by atoms with van der Waals surface area (Å²) < 4.78 is 1.93. The third-order valence-electron chi connectivity index (χ3n) is 3.47. The van der Waals surface area contributed by atoms with Crippen molar-refractivity contribution in [1.29, 1.82) is 0 Å². The molecule has 2 aromatic rings. The molecular weight excluding hydrogens is 306 g/mol. The molecule has 23 heavy (non-hydrogen) atoms. The first-order valence-corrected chi connectivity index (χ1v) is 7.81. The number of aliphatic imine (C=N–C) groups is 1. The molecule has 0 saturated heterocycles. The molecule has 0 radical (unpaired) electrons. The lowest BCUT2D eigenvalue weighted by Crippen LogP contribution is -2.28. The van der Waals surface area contributed by atoms with Crippen LogP contribution in [0.2, 0.25) is 0 Å². The van der Waals surface area contributed by atoms with Crippen LogP contribution in [0.3, 0.4) is 0 Å². The molecule has 0 bridgehead atoms. The number of rotatable bonds is 3. The number of hydrazine groups is 1. The molecule has 5 nitrogen and oxygen atoms in total. The Kier molecular flexibility index (Phi) is 4.81. The van der Waals surface area contributed by atoms with Crippen LogP contribution >= 0.6 is 12.2 Å². The lowest BCUT2D eigenvalue weighted by molar-refractivity contribution is 0.850. The Bertz CT molecular complexity index is 762. The minimum atomic E-state index is 0.248. The second-order valence-electron chi connectivity index (χ2n) is 5.36. The molecule has 1 heterocycles. The fourth-order valence-corrected chi connectivity index (χ4v) is 2.17. The lowest BCUT2D eigenvalue weighted by atomic mass is 10.1. The maximum Gasteiger partial charge on any atom is 0.207 e. The molecular formula is C17H17N5S. The Morgan fingerprint density at radius 2 is 2.17 bits per heavy atom. The molecule has 1 aliphatic rings. The van der Waals surface area contributed by atoms with Gasteiger partial charge in [-0.15, -0.1) is 0 Å². The molecule has 0 unspecified atom stereocenters. The largest absolute Gasteiger partial charge is 0.331 e. The number of hydrogen-bond donors (Lipinski definition) is 2. The summed E-state index contributed by atoms with van der Waals surface area (Å²) in [6.07, 6.45) is 7.81. The van der Waals surface area contributed by atoms with Crippen molar-refractivity contribution in [3.8, 4) is 11.8 Å². The summed E-state index contributed by atoms with van der Waals surface area (Å²) >= 11 is 5.06. The molecule has 0 amide bonds. The van der Waals surface area contributed by atoms with Gasteiger partial charge in [-0.25, -0.2) is 15.8 Å². The highest BCUT2D eigenvalue weighted by atomic mass is 32.1.